The van der Waals surface area contributed by atoms with E-state index >= 15 is 0 Å². The molecule has 1 aliphatic heterocycles. The van der Waals surface area contributed by atoms with Gasteiger partial charge >= 0.3 is 5.97 Å². The van der Waals surface area contributed by atoms with Gasteiger partial charge in [0.15, 0.2) is 17.5 Å². The summed E-state index contributed by atoms with van der Waals surface area (Å²) in [6, 6.07) is 3.28. The van der Waals surface area contributed by atoms with Gasteiger partial charge in [-0.05, 0) is 47.8 Å². The topological polar surface area (TPSA) is 72.9 Å². The highest BCUT2D eigenvalue weighted by Crippen LogP contribution is 2.47. The lowest BCUT2D eigenvalue weighted by atomic mass is 9.89. The molecule has 0 spiro atoms. The molecule has 1 aromatic carbocycles. The van der Waals surface area contributed by atoms with Gasteiger partial charge in [-0.25, -0.2) is 0 Å². The number of halogens is 1. The van der Waals surface area contributed by atoms with E-state index in [-0.39, 0.29) is 12.6 Å². The van der Waals surface area contributed by atoms with Crippen molar-refractivity contribution in [2.75, 3.05) is 18.6 Å². The smallest absolute Gasteiger partial charge is 0.326 e. The van der Waals surface area contributed by atoms with Crippen LogP contribution in [0.2, 0.25) is 0 Å². The third-order valence-electron chi connectivity index (χ3n) is 3.97. The van der Waals surface area contributed by atoms with Gasteiger partial charge in [0.25, 0.3) is 0 Å². The molecule has 2 aliphatic rings. The van der Waals surface area contributed by atoms with Crippen molar-refractivity contribution in [1.82, 2.24) is 0 Å². The minimum atomic E-state index is -1.42. The maximum atomic E-state index is 12.8. The van der Waals surface area contributed by atoms with Crippen molar-refractivity contribution >= 4 is 39.3 Å². The number of carbonyl (C=O) groups excluding carboxylic acids is 3. The number of ketones is 1. The summed E-state index contributed by atoms with van der Waals surface area (Å²) in [5.74, 6) is -2.85. The average molecular weight is 382 g/mol. The highest BCUT2D eigenvalue weighted by Gasteiger charge is 2.50. The fraction of sp³-hybridized carbons (Fsp3) is 0.438. The largest absolute Gasteiger partial charge is 0.493 e. The van der Waals surface area contributed by atoms with Crippen LogP contribution in [0.3, 0.4) is 0 Å². The molecule has 23 heavy (non-hydrogen) atoms. The van der Waals surface area contributed by atoms with E-state index in [4.69, 9.17) is 9.47 Å². The van der Waals surface area contributed by atoms with Crippen molar-refractivity contribution in [3.05, 3.63) is 22.2 Å². The Kier molecular flexibility index (Phi) is 4.14. The Hall–Kier alpha value is -1.89. The number of amides is 1. The second-order valence-corrected chi connectivity index (χ2v) is 6.32. The summed E-state index contributed by atoms with van der Waals surface area (Å²) >= 11 is 3.38. The van der Waals surface area contributed by atoms with Gasteiger partial charge in [-0.15, -0.1) is 0 Å². The predicted molar refractivity (Wildman–Crippen MR) is 85.7 cm³/mol. The molecule has 1 atom stereocenters. The molecule has 1 aliphatic carbocycles. The zero-order valence-electron chi connectivity index (χ0n) is 12.8. The molecule has 0 saturated heterocycles. The second kappa shape index (κ2) is 5.96. The van der Waals surface area contributed by atoms with Crippen LogP contribution in [0.25, 0.3) is 0 Å². The van der Waals surface area contributed by atoms with Crippen molar-refractivity contribution in [3.8, 4) is 5.75 Å². The number of Topliss-reactive ketones (excluding diaryl/α,β-unsaturated/α-hetero) is 1. The number of hydrogen-bond donors (Lipinski definition) is 0. The number of esters is 1. The Morgan fingerprint density at radius 1 is 1.35 bits per heavy atom. The number of anilines is 1. The summed E-state index contributed by atoms with van der Waals surface area (Å²) in [5.41, 5.74) is 0.759. The van der Waals surface area contributed by atoms with E-state index in [0.717, 1.165) is 12.8 Å². The van der Waals surface area contributed by atoms with E-state index in [0.29, 0.717) is 21.5 Å². The maximum Gasteiger partial charge on any atom is 0.326 e. The molecule has 1 unspecified atom stereocenters. The van der Waals surface area contributed by atoms with Crippen molar-refractivity contribution < 1.29 is 23.9 Å². The standard InChI is InChI=1S/C16H16BrNO5/c1-3-23-16(21)11-13(19)9-6-7-10(17)14(22-2)12(9)18(15(11)20)8-4-5-8/h6-8,11H,3-5H2,1-2H3. The van der Waals surface area contributed by atoms with Crippen LogP contribution in [0.15, 0.2) is 16.6 Å². The van der Waals surface area contributed by atoms with Gasteiger partial charge in [-0.1, -0.05) is 0 Å². The van der Waals surface area contributed by atoms with Crippen LogP contribution >= 0.6 is 15.9 Å². The van der Waals surface area contributed by atoms with Crippen LogP contribution in [-0.4, -0.2) is 37.4 Å². The highest BCUT2D eigenvalue weighted by atomic mass is 79.9. The highest BCUT2D eigenvalue weighted by molar-refractivity contribution is 9.10. The molecule has 1 saturated carbocycles. The third kappa shape index (κ3) is 2.52. The zero-order chi connectivity index (χ0) is 16.7. The van der Waals surface area contributed by atoms with E-state index in [1.54, 1.807) is 19.1 Å². The second-order valence-electron chi connectivity index (χ2n) is 5.47. The molecule has 122 valence electrons. The van der Waals surface area contributed by atoms with Crippen LogP contribution in [0, 0.1) is 5.92 Å². The van der Waals surface area contributed by atoms with Crippen LogP contribution in [0.5, 0.6) is 5.75 Å². The summed E-state index contributed by atoms with van der Waals surface area (Å²) in [4.78, 5) is 39.1. The maximum absolute atomic E-state index is 12.8. The molecule has 1 heterocycles. The summed E-state index contributed by atoms with van der Waals surface area (Å²) in [7, 11) is 1.48. The fourth-order valence-electron chi connectivity index (χ4n) is 2.82. The van der Waals surface area contributed by atoms with Crippen molar-refractivity contribution in [2.45, 2.75) is 25.8 Å². The minimum Gasteiger partial charge on any atom is -0.493 e. The van der Waals surface area contributed by atoms with Crippen LogP contribution in [-0.2, 0) is 14.3 Å². The molecule has 7 heteroatoms. The zero-order valence-corrected chi connectivity index (χ0v) is 14.4. The van der Waals surface area contributed by atoms with Crippen molar-refractivity contribution in [3.63, 3.8) is 0 Å². The molecule has 0 N–H and O–H groups in total. The molecular formula is C16H16BrNO5. The van der Waals surface area contributed by atoms with Crippen LogP contribution in [0.4, 0.5) is 5.69 Å². The van der Waals surface area contributed by atoms with Gasteiger partial charge in [-0.3, -0.25) is 14.4 Å². The first-order valence-corrected chi connectivity index (χ1v) is 8.21. The van der Waals surface area contributed by atoms with E-state index < -0.39 is 23.6 Å². The summed E-state index contributed by atoms with van der Waals surface area (Å²) in [5, 5.41) is 0. The third-order valence-corrected chi connectivity index (χ3v) is 4.60. The number of hydrogen-bond acceptors (Lipinski definition) is 5. The Labute approximate surface area is 141 Å². The first-order valence-electron chi connectivity index (χ1n) is 7.41. The van der Waals surface area contributed by atoms with E-state index in [2.05, 4.69) is 15.9 Å². The average Bonchev–Trinajstić information content (AvgIpc) is 3.32. The first-order chi connectivity index (χ1) is 11.0. The number of nitrogens with zero attached hydrogens (tertiary/aromatic N) is 1. The molecule has 1 aromatic rings. The number of fused-ring (bicyclic) bond motifs is 1. The number of carbonyl (C=O) groups is 3. The Balaban J connectivity index is 2.16. The van der Waals surface area contributed by atoms with Gasteiger partial charge < -0.3 is 14.4 Å². The molecule has 0 radical (unpaired) electrons. The van der Waals surface area contributed by atoms with Gasteiger partial charge in [0.05, 0.1) is 23.9 Å². The fourth-order valence-corrected chi connectivity index (χ4v) is 3.31. The molecule has 3 rings (SSSR count). The van der Waals surface area contributed by atoms with E-state index in [1.165, 1.54) is 12.0 Å². The summed E-state index contributed by atoms with van der Waals surface area (Å²) in [6.45, 7) is 1.76. The van der Waals surface area contributed by atoms with Gasteiger partial charge in [0.1, 0.15) is 0 Å². The predicted octanol–water partition coefficient (Wildman–Crippen LogP) is 2.33. The lowest BCUT2D eigenvalue weighted by Crippen LogP contribution is -2.49. The molecule has 0 aromatic heterocycles. The lowest BCUT2D eigenvalue weighted by molar-refractivity contribution is -0.149. The molecule has 1 amide bonds. The summed E-state index contributed by atoms with van der Waals surface area (Å²) in [6.07, 6.45) is 1.68. The molecular weight excluding hydrogens is 366 g/mol. The van der Waals surface area contributed by atoms with E-state index in [1.807, 2.05) is 0 Å². The monoisotopic (exact) mass is 381 g/mol. The molecule has 0 bridgehead atoms. The van der Waals surface area contributed by atoms with Crippen LogP contribution in [0.1, 0.15) is 30.1 Å². The van der Waals surface area contributed by atoms with Crippen molar-refractivity contribution in [1.29, 1.82) is 0 Å². The summed E-state index contributed by atoms with van der Waals surface area (Å²) < 4.78 is 11.0. The lowest BCUT2D eigenvalue weighted by Gasteiger charge is -2.33. The number of methoxy groups -OCH3 is 1. The number of ether oxygens (including phenoxy) is 2. The van der Waals surface area contributed by atoms with Gasteiger partial charge in [0.2, 0.25) is 5.91 Å². The SMILES string of the molecule is CCOC(=O)C1C(=O)c2ccc(Br)c(OC)c2N(C2CC2)C1=O. The number of rotatable bonds is 4. The quantitative estimate of drug-likeness (QED) is 0.591. The van der Waals surface area contributed by atoms with Gasteiger partial charge in [0, 0.05) is 11.6 Å². The molecule has 6 nitrogen and oxygen atoms in total. The minimum absolute atomic E-state index is 0.00511. The van der Waals surface area contributed by atoms with E-state index in [9.17, 15) is 14.4 Å². The Morgan fingerprint density at radius 2 is 2.04 bits per heavy atom. The first kappa shape index (κ1) is 16.0. The number of benzene rings is 1. The van der Waals surface area contributed by atoms with Gasteiger partial charge in [-0.2, -0.15) is 0 Å². The normalized spacial score (nSPS) is 20.3. The van der Waals surface area contributed by atoms with Crippen LogP contribution < -0.4 is 9.64 Å². The molecule has 1 fully saturated rings. The van der Waals surface area contributed by atoms with Crippen molar-refractivity contribution in [2.24, 2.45) is 5.92 Å². The Bertz CT molecular complexity index is 698. The Morgan fingerprint density at radius 3 is 2.61 bits per heavy atom.